The molecule has 16 heteroatoms. The van der Waals surface area contributed by atoms with Gasteiger partial charge >= 0.3 is 5.97 Å². The van der Waals surface area contributed by atoms with E-state index in [4.69, 9.17) is 16.0 Å². The van der Waals surface area contributed by atoms with Gasteiger partial charge in [0.25, 0.3) is 11.8 Å². The molecule has 3 aliphatic rings. The summed E-state index contributed by atoms with van der Waals surface area (Å²) in [6, 6.07) is 13.1. The van der Waals surface area contributed by atoms with E-state index in [9.17, 15) is 19.5 Å². The highest BCUT2D eigenvalue weighted by atomic mass is 32.2. The van der Waals surface area contributed by atoms with E-state index in [1.807, 2.05) is 47.3 Å². The molecule has 5 N–H and O–H groups in total. The zero-order valence-electron chi connectivity index (χ0n) is 26.5. The first-order valence-corrected chi connectivity index (χ1v) is 17.6. The number of nitrogens with two attached hydrogens (primary N) is 1. The highest BCUT2D eigenvalue weighted by Crippen LogP contribution is 2.40. The molecule has 1 aromatic carbocycles. The molecule has 7 rings (SSSR count). The molecule has 49 heavy (non-hydrogen) atoms. The Hall–Kier alpha value is -5.22. The zero-order valence-corrected chi connectivity index (χ0v) is 28.2. The standard InChI is InChI=1S/C33H33N9O5S2/c1-47-38-25(22-18-49-33(35)36-22)29(43)37-26-30(44)42-27(32(45)46)21(17-48-31(26)42)16-40-13-4-5-23-24(40)10-14-41(23)15-19-6-8-20(9-7-19)28(34)39-11-2-3-12-39/h4-10,13-14,18,26,31,34H,2-3,11-12,15-17H2,1H3,(H3-,35,36,37,43,45,46)/p+1/b34-28?,38-25-/t26-,31-/m1/s1. The Morgan fingerprint density at radius 1 is 1.20 bits per heavy atom. The van der Waals surface area contributed by atoms with E-state index in [0.29, 0.717) is 23.7 Å². The van der Waals surface area contributed by atoms with Crippen LogP contribution in [0.1, 0.15) is 29.7 Å². The van der Waals surface area contributed by atoms with Gasteiger partial charge in [-0.1, -0.05) is 29.4 Å². The topological polar surface area (TPSA) is 183 Å². The monoisotopic (exact) mass is 700 g/mol. The van der Waals surface area contributed by atoms with Crippen LogP contribution < -0.4 is 15.6 Å². The average Bonchev–Trinajstić information content (AvgIpc) is 3.88. The minimum absolute atomic E-state index is 0.0687. The fourth-order valence-electron chi connectivity index (χ4n) is 6.49. The second-order valence-electron chi connectivity index (χ2n) is 11.9. The number of carbonyl (C=O) groups is 3. The second kappa shape index (κ2) is 13.4. The van der Waals surface area contributed by atoms with Crippen LogP contribution in [0, 0.1) is 5.41 Å². The van der Waals surface area contributed by atoms with Gasteiger partial charge in [0.2, 0.25) is 5.52 Å². The summed E-state index contributed by atoms with van der Waals surface area (Å²) < 4.78 is 4.13. The molecule has 252 valence electrons. The summed E-state index contributed by atoms with van der Waals surface area (Å²) in [6.07, 6.45) is 6.17. The van der Waals surface area contributed by atoms with Crippen LogP contribution in [-0.4, -0.2) is 91.2 Å². The average molecular weight is 701 g/mol. The molecule has 2 saturated heterocycles. The number of amidine groups is 1. The minimum atomic E-state index is -1.20. The number of likely N-dealkylation sites (tertiary alicyclic amines) is 1. The summed E-state index contributed by atoms with van der Waals surface area (Å²) in [4.78, 5) is 51.3. The molecule has 0 radical (unpaired) electrons. The Kier molecular flexibility index (Phi) is 8.81. The van der Waals surface area contributed by atoms with Crippen LogP contribution in [0.15, 0.2) is 76.7 Å². The number of fused-ring (bicyclic) bond motifs is 2. The molecule has 14 nitrogen and oxygen atoms in total. The van der Waals surface area contributed by atoms with Crippen LogP contribution in [0.5, 0.6) is 0 Å². The number of aromatic nitrogens is 3. The molecule has 0 aliphatic carbocycles. The summed E-state index contributed by atoms with van der Waals surface area (Å²) in [5.41, 5.74) is 10.2. The number of nitrogen functional groups attached to an aromatic ring is 1. The third-order valence-corrected chi connectivity index (χ3v) is 10.9. The van der Waals surface area contributed by atoms with Crippen LogP contribution >= 0.6 is 23.1 Å². The second-order valence-corrected chi connectivity index (χ2v) is 13.9. The first-order valence-electron chi connectivity index (χ1n) is 15.7. The first-order chi connectivity index (χ1) is 23.7. The molecule has 3 aliphatic heterocycles. The Morgan fingerprint density at radius 3 is 2.67 bits per heavy atom. The quantitative estimate of drug-likeness (QED) is 0.0634. The number of thiazole rings is 1. The van der Waals surface area contributed by atoms with Gasteiger partial charge in [-0.25, -0.2) is 9.78 Å². The maximum atomic E-state index is 13.4. The van der Waals surface area contributed by atoms with Crippen molar-refractivity contribution in [1.82, 2.24) is 24.7 Å². The number of rotatable bonds is 10. The molecule has 0 unspecified atom stereocenters. The van der Waals surface area contributed by atoms with Gasteiger partial charge in [0.1, 0.15) is 41.3 Å². The van der Waals surface area contributed by atoms with Crippen molar-refractivity contribution in [3.05, 3.63) is 88.3 Å². The van der Waals surface area contributed by atoms with Crippen LogP contribution in [0.4, 0.5) is 5.13 Å². The normalized spacial score (nSPS) is 19.2. The number of carbonyl (C=O) groups excluding carboxylic acids is 2. The molecule has 0 bridgehead atoms. The van der Waals surface area contributed by atoms with Crippen LogP contribution in [-0.2, 0) is 32.3 Å². The molecule has 3 aromatic heterocycles. The van der Waals surface area contributed by atoms with Gasteiger partial charge in [-0.3, -0.25) is 19.9 Å². The van der Waals surface area contributed by atoms with Gasteiger partial charge in [0.05, 0.1) is 0 Å². The lowest BCUT2D eigenvalue weighted by Gasteiger charge is -2.49. The van der Waals surface area contributed by atoms with Gasteiger partial charge in [-0.05, 0) is 24.5 Å². The summed E-state index contributed by atoms with van der Waals surface area (Å²) in [7, 11) is 1.29. The van der Waals surface area contributed by atoms with Crippen LogP contribution in [0.2, 0.25) is 0 Å². The summed E-state index contributed by atoms with van der Waals surface area (Å²) in [5, 5.41) is 26.5. The lowest BCUT2D eigenvalue weighted by Crippen LogP contribution is -2.71. The third-order valence-electron chi connectivity index (χ3n) is 8.88. The summed E-state index contributed by atoms with van der Waals surface area (Å²) >= 11 is 2.52. The van der Waals surface area contributed by atoms with Crippen molar-refractivity contribution in [2.45, 2.75) is 37.3 Å². The Balaban J connectivity index is 1.07. The molecule has 0 spiro atoms. The fourth-order valence-corrected chi connectivity index (χ4v) is 8.37. The number of thioether (sulfide) groups is 1. The number of benzene rings is 1. The molecule has 2 amide bonds. The van der Waals surface area contributed by atoms with Crippen LogP contribution in [0.3, 0.4) is 0 Å². The first kappa shape index (κ1) is 32.3. The van der Waals surface area contributed by atoms with Crippen molar-refractivity contribution in [3.8, 4) is 0 Å². The molecule has 6 heterocycles. The molecule has 0 saturated carbocycles. The van der Waals surface area contributed by atoms with Gasteiger partial charge in [-0.15, -0.1) is 23.1 Å². The van der Waals surface area contributed by atoms with Crippen molar-refractivity contribution in [2.75, 3.05) is 31.7 Å². The third kappa shape index (κ3) is 6.12. The smallest absolute Gasteiger partial charge is 0.352 e. The number of hydrogen-bond acceptors (Lipinski definition) is 10. The molecule has 2 atom stereocenters. The maximum Gasteiger partial charge on any atom is 0.352 e. The maximum absolute atomic E-state index is 13.4. The number of anilines is 1. The predicted molar refractivity (Wildman–Crippen MR) is 185 cm³/mol. The highest BCUT2D eigenvalue weighted by molar-refractivity contribution is 8.00. The van der Waals surface area contributed by atoms with Crippen molar-refractivity contribution < 1.29 is 28.9 Å². The van der Waals surface area contributed by atoms with E-state index in [2.05, 4.69) is 37.1 Å². The number of aliphatic carboxylic acids is 1. The SMILES string of the molecule is CO/N=C(\C(=O)N[C@@H]1C(=O)N2C(C(=O)O)=C(C[n+]3cccc4c3ccn4Cc3ccc(C(=N)N4CCCC4)cc3)CS[C@H]12)c1csc(N)n1. The van der Waals surface area contributed by atoms with E-state index in [1.54, 1.807) is 5.38 Å². The van der Waals surface area contributed by atoms with Crippen LogP contribution in [0.25, 0.3) is 11.0 Å². The largest absolute Gasteiger partial charge is 0.477 e. The van der Waals surface area contributed by atoms with Crippen molar-refractivity contribution >= 4 is 68.6 Å². The number of carboxylic acid groups (broad SMARTS) is 1. The van der Waals surface area contributed by atoms with Gasteiger partial charge in [-0.2, -0.15) is 4.57 Å². The number of hydrogen-bond donors (Lipinski definition) is 4. The number of oxime groups is 1. The summed E-state index contributed by atoms with van der Waals surface area (Å²) in [5.74, 6) is -1.48. The number of β-lactam (4-membered cyclic amide) rings is 1. The predicted octanol–water partition coefficient (Wildman–Crippen LogP) is 2.23. The highest BCUT2D eigenvalue weighted by Gasteiger charge is 2.55. The lowest BCUT2D eigenvalue weighted by atomic mass is 10.0. The van der Waals surface area contributed by atoms with E-state index in [-0.39, 0.29) is 28.8 Å². The number of nitrogens with zero attached hydrogens (tertiary/aromatic N) is 6. The van der Waals surface area contributed by atoms with E-state index < -0.39 is 29.2 Å². The zero-order chi connectivity index (χ0) is 34.2. The van der Waals surface area contributed by atoms with Gasteiger partial charge in [0.15, 0.2) is 23.6 Å². The Morgan fingerprint density at radius 2 is 1.98 bits per heavy atom. The Labute approximate surface area is 289 Å². The fraction of sp³-hybridized carbons (Fsp3) is 0.303. The molecular formula is C33H34N9O5S2+. The minimum Gasteiger partial charge on any atom is -0.477 e. The van der Waals surface area contributed by atoms with E-state index >= 15 is 0 Å². The number of amides is 2. The van der Waals surface area contributed by atoms with Gasteiger partial charge < -0.3 is 30.5 Å². The number of carboxylic acids is 1. The lowest BCUT2D eigenvalue weighted by molar-refractivity contribution is -0.663. The van der Waals surface area contributed by atoms with E-state index in [1.165, 1.54) is 23.8 Å². The molecule has 2 fully saturated rings. The molecule has 4 aromatic rings. The summed E-state index contributed by atoms with van der Waals surface area (Å²) in [6.45, 7) is 2.77. The molecular weight excluding hydrogens is 667 g/mol. The van der Waals surface area contributed by atoms with E-state index in [0.717, 1.165) is 59.4 Å². The number of nitrogens with one attached hydrogen (secondary N) is 2. The Bertz CT molecular complexity index is 2030. The van der Waals surface area contributed by atoms with Gasteiger partial charge in [0, 0.05) is 60.2 Å². The number of pyridine rings is 1. The van der Waals surface area contributed by atoms with Crippen molar-refractivity contribution in [2.24, 2.45) is 5.16 Å². The van der Waals surface area contributed by atoms with Crippen molar-refractivity contribution in [3.63, 3.8) is 0 Å². The van der Waals surface area contributed by atoms with Crippen molar-refractivity contribution in [1.29, 1.82) is 5.41 Å².